The number of ether oxygens (including phenoxy) is 1. The van der Waals surface area contributed by atoms with E-state index in [2.05, 4.69) is 46.7 Å². The highest BCUT2D eigenvalue weighted by molar-refractivity contribution is 5.82. The number of pyridine rings is 1. The maximum Gasteiger partial charge on any atom is 0.125 e. The van der Waals surface area contributed by atoms with Crippen LogP contribution in [0, 0.1) is 0 Å². The van der Waals surface area contributed by atoms with E-state index in [1.54, 1.807) is 0 Å². The Morgan fingerprint density at radius 1 is 1.05 bits per heavy atom. The van der Waals surface area contributed by atoms with Crippen LogP contribution in [0.5, 0.6) is 5.75 Å². The van der Waals surface area contributed by atoms with Crippen molar-refractivity contribution in [2.24, 2.45) is 0 Å². The summed E-state index contributed by atoms with van der Waals surface area (Å²) < 4.78 is 6.25. The second kappa shape index (κ2) is 7.05. The van der Waals surface area contributed by atoms with Crippen LogP contribution < -0.4 is 10.1 Å². The first-order chi connectivity index (χ1) is 10.9. The summed E-state index contributed by atoms with van der Waals surface area (Å²) in [6, 6.07) is 18.5. The Balaban J connectivity index is 1.84. The summed E-state index contributed by atoms with van der Waals surface area (Å²) in [6.45, 7) is 0.914. The molecule has 2 aromatic carbocycles. The molecule has 1 heterocycles. The number of hydrogen-bond acceptors (Lipinski definition) is 3. The van der Waals surface area contributed by atoms with Gasteiger partial charge in [-0.05, 0) is 48.8 Å². The second-order valence-electron chi connectivity index (χ2n) is 5.29. The maximum atomic E-state index is 6.25. The van der Waals surface area contributed by atoms with Crippen LogP contribution in [-0.4, -0.2) is 18.6 Å². The summed E-state index contributed by atoms with van der Waals surface area (Å²) >= 11 is 0. The van der Waals surface area contributed by atoms with Crippen LogP contribution in [0.3, 0.4) is 0 Å². The van der Waals surface area contributed by atoms with Gasteiger partial charge < -0.3 is 10.1 Å². The van der Waals surface area contributed by atoms with E-state index in [1.807, 2.05) is 37.6 Å². The molecule has 0 saturated carbocycles. The standard InChI is InChI=1S/C19H20N2O/c1-20-11-10-19(15-5-3-2-4-6-15)22-18-8-7-17-14-21-12-9-16(17)13-18/h2-9,12-14,19-20H,10-11H2,1H3. The second-order valence-corrected chi connectivity index (χ2v) is 5.29. The third-order valence-electron chi connectivity index (χ3n) is 3.72. The highest BCUT2D eigenvalue weighted by Crippen LogP contribution is 2.27. The highest BCUT2D eigenvalue weighted by Gasteiger charge is 2.13. The fourth-order valence-corrected chi connectivity index (χ4v) is 2.54. The van der Waals surface area contributed by atoms with Crippen molar-refractivity contribution < 1.29 is 4.74 Å². The zero-order valence-corrected chi connectivity index (χ0v) is 12.7. The third-order valence-corrected chi connectivity index (χ3v) is 3.72. The summed E-state index contributed by atoms with van der Waals surface area (Å²) in [7, 11) is 1.96. The Kier molecular flexibility index (Phi) is 4.66. The smallest absolute Gasteiger partial charge is 0.125 e. The van der Waals surface area contributed by atoms with Crippen molar-refractivity contribution in [3.8, 4) is 5.75 Å². The number of nitrogens with one attached hydrogen (secondary N) is 1. The lowest BCUT2D eigenvalue weighted by Crippen LogP contribution is -2.16. The fraction of sp³-hybridized carbons (Fsp3) is 0.211. The Labute approximate surface area is 131 Å². The van der Waals surface area contributed by atoms with Gasteiger partial charge in [-0.2, -0.15) is 0 Å². The molecule has 0 saturated heterocycles. The minimum Gasteiger partial charge on any atom is -0.486 e. The first-order valence-electron chi connectivity index (χ1n) is 7.57. The van der Waals surface area contributed by atoms with Gasteiger partial charge in [0.1, 0.15) is 11.9 Å². The van der Waals surface area contributed by atoms with Gasteiger partial charge in [0.05, 0.1) is 0 Å². The summed E-state index contributed by atoms with van der Waals surface area (Å²) in [5, 5.41) is 5.47. The molecule has 0 fully saturated rings. The van der Waals surface area contributed by atoms with Gasteiger partial charge in [-0.1, -0.05) is 30.3 Å². The fourth-order valence-electron chi connectivity index (χ4n) is 2.54. The molecule has 0 radical (unpaired) electrons. The lowest BCUT2D eigenvalue weighted by Gasteiger charge is -2.20. The molecule has 0 bridgehead atoms. The number of benzene rings is 2. The average molecular weight is 292 g/mol. The molecule has 0 aliphatic rings. The van der Waals surface area contributed by atoms with E-state index in [-0.39, 0.29) is 6.10 Å². The lowest BCUT2D eigenvalue weighted by atomic mass is 10.1. The zero-order valence-electron chi connectivity index (χ0n) is 12.7. The molecule has 3 heteroatoms. The maximum absolute atomic E-state index is 6.25. The van der Waals surface area contributed by atoms with Crippen LogP contribution >= 0.6 is 0 Å². The SMILES string of the molecule is CNCCC(Oc1ccc2cnccc2c1)c1ccccc1. The van der Waals surface area contributed by atoms with Crippen LogP contribution in [-0.2, 0) is 0 Å². The first-order valence-corrected chi connectivity index (χ1v) is 7.57. The zero-order chi connectivity index (χ0) is 15.2. The molecule has 3 rings (SSSR count). The minimum absolute atomic E-state index is 0.0490. The van der Waals surface area contributed by atoms with Crippen LogP contribution in [0.4, 0.5) is 0 Å². The molecule has 3 nitrogen and oxygen atoms in total. The summed E-state index contributed by atoms with van der Waals surface area (Å²) in [5.41, 5.74) is 1.20. The Morgan fingerprint density at radius 3 is 2.73 bits per heavy atom. The molecular formula is C19H20N2O. The first kappa shape index (κ1) is 14.5. The predicted octanol–water partition coefficient (Wildman–Crippen LogP) is 3.96. The van der Waals surface area contributed by atoms with E-state index in [9.17, 15) is 0 Å². The normalized spacial score (nSPS) is 12.2. The molecule has 0 aliphatic heterocycles. The number of fused-ring (bicyclic) bond motifs is 1. The van der Waals surface area contributed by atoms with E-state index in [1.165, 1.54) is 5.56 Å². The number of rotatable bonds is 6. The van der Waals surface area contributed by atoms with Crippen molar-refractivity contribution in [3.63, 3.8) is 0 Å². The molecule has 1 aromatic heterocycles. The van der Waals surface area contributed by atoms with E-state index in [0.29, 0.717) is 0 Å². The van der Waals surface area contributed by atoms with E-state index >= 15 is 0 Å². The Bertz CT molecular complexity index is 728. The molecule has 0 amide bonds. The molecule has 112 valence electrons. The van der Waals surface area contributed by atoms with Crippen LogP contribution in [0.25, 0.3) is 10.8 Å². The Hall–Kier alpha value is -2.39. The number of aromatic nitrogens is 1. The largest absolute Gasteiger partial charge is 0.486 e. The van der Waals surface area contributed by atoms with Gasteiger partial charge in [-0.25, -0.2) is 0 Å². The van der Waals surface area contributed by atoms with E-state index < -0.39 is 0 Å². The van der Waals surface area contributed by atoms with Crippen LogP contribution in [0.1, 0.15) is 18.1 Å². The quantitative estimate of drug-likeness (QED) is 0.746. The molecule has 0 aliphatic carbocycles. The average Bonchev–Trinajstić information content (AvgIpc) is 2.59. The Morgan fingerprint density at radius 2 is 1.91 bits per heavy atom. The molecule has 0 spiro atoms. The van der Waals surface area contributed by atoms with Gasteiger partial charge in [0.15, 0.2) is 0 Å². The monoisotopic (exact) mass is 292 g/mol. The van der Waals surface area contributed by atoms with Gasteiger partial charge in [-0.15, -0.1) is 0 Å². The van der Waals surface area contributed by atoms with Crippen LogP contribution in [0.2, 0.25) is 0 Å². The predicted molar refractivity (Wildman–Crippen MR) is 90.1 cm³/mol. The molecular weight excluding hydrogens is 272 g/mol. The molecule has 1 atom stereocenters. The molecule has 1 N–H and O–H groups in total. The molecule has 1 unspecified atom stereocenters. The van der Waals surface area contributed by atoms with Crippen molar-refractivity contribution >= 4 is 10.8 Å². The summed E-state index contributed by atoms with van der Waals surface area (Å²) in [6.07, 6.45) is 4.65. The molecule has 22 heavy (non-hydrogen) atoms. The van der Waals surface area contributed by atoms with E-state index in [0.717, 1.165) is 29.5 Å². The third kappa shape index (κ3) is 3.43. The summed E-state index contributed by atoms with van der Waals surface area (Å²) in [4.78, 5) is 4.14. The van der Waals surface area contributed by atoms with Crippen molar-refractivity contribution in [1.82, 2.24) is 10.3 Å². The van der Waals surface area contributed by atoms with Crippen molar-refractivity contribution in [2.75, 3.05) is 13.6 Å². The van der Waals surface area contributed by atoms with E-state index in [4.69, 9.17) is 4.74 Å². The van der Waals surface area contributed by atoms with Crippen molar-refractivity contribution in [1.29, 1.82) is 0 Å². The summed E-state index contributed by atoms with van der Waals surface area (Å²) in [5.74, 6) is 0.892. The topological polar surface area (TPSA) is 34.1 Å². The van der Waals surface area contributed by atoms with Crippen molar-refractivity contribution in [3.05, 3.63) is 72.6 Å². The minimum atomic E-state index is 0.0490. The van der Waals surface area contributed by atoms with Gasteiger partial charge in [0.25, 0.3) is 0 Å². The highest BCUT2D eigenvalue weighted by atomic mass is 16.5. The molecule has 3 aromatic rings. The van der Waals surface area contributed by atoms with Crippen molar-refractivity contribution in [2.45, 2.75) is 12.5 Å². The van der Waals surface area contributed by atoms with Gasteiger partial charge in [0.2, 0.25) is 0 Å². The van der Waals surface area contributed by atoms with Gasteiger partial charge in [0, 0.05) is 24.2 Å². The number of nitrogens with zero attached hydrogens (tertiary/aromatic N) is 1. The van der Waals surface area contributed by atoms with Crippen LogP contribution in [0.15, 0.2) is 67.0 Å². The van der Waals surface area contributed by atoms with Gasteiger partial charge in [-0.3, -0.25) is 4.98 Å². The van der Waals surface area contributed by atoms with Gasteiger partial charge >= 0.3 is 0 Å². The lowest BCUT2D eigenvalue weighted by molar-refractivity contribution is 0.195. The number of hydrogen-bond donors (Lipinski definition) is 1.